The van der Waals surface area contributed by atoms with Gasteiger partial charge < -0.3 is 19.3 Å². The van der Waals surface area contributed by atoms with Crippen molar-refractivity contribution in [2.24, 2.45) is 0 Å². The van der Waals surface area contributed by atoms with Crippen molar-refractivity contribution >= 4 is 35.0 Å². The monoisotopic (exact) mass is 515 g/mol. The van der Waals surface area contributed by atoms with Crippen LogP contribution < -0.4 is 9.64 Å². The van der Waals surface area contributed by atoms with E-state index in [0.29, 0.717) is 48.2 Å². The standard InChI is InChI=1S/C27H34ClN3O5/c1-4-5-16-36-22-12-10-21(11-13-22)27(34)29(14-7-15-35-3)17-25(32)30-18-26(33)31(19-30)24-9-6-8-23(28)20(24)2/h6,8-13H,4-5,7,14-19H2,1-3H3. The van der Waals surface area contributed by atoms with Crippen LogP contribution in [-0.2, 0) is 14.3 Å². The summed E-state index contributed by atoms with van der Waals surface area (Å²) >= 11 is 6.22. The van der Waals surface area contributed by atoms with E-state index in [1.807, 2.05) is 13.0 Å². The van der Waals surface area contributed by atoms with Gasteiger partial charge in [-0.1, -0.05) is 31.0 Å². The molecule has 1 aliphatic rings. The molecule has 1 heterocycles. The van der Waals surface area contributed by atoms with Crippen LogP contribution in [-0.4, -0.2) is 74.1 Å². The first kappa shape index (κ1) is 27.5. The summed E-state index contributed by atoms with van der Waals surface area (Å²) in [5.74, 6) is -0.0397. The van der Waals surface area contributed by atoms with Gasteiger partial charge in [-0.15, -0.1) is 0 Å². The third kappa shape index (κ3) is 6.98. The van der Waals surface area contributed by atoms with Gasteiger partial charge in [-0.2, -0.15) is 0 Å². The maximum atomic E-state index is 13.3. The third-order valence-electron chi connectivity index (χ3n) is 6.08. The van der Waals surface area contributed by atoms with E-state index in [1.54, 1.807) is 48.4 Å². The molecule has 1 fully saturated rings. The maximum Gasteiger partial charge on any atom is 0.254 e. The average Bonchev–Trinajstić information content (AvgIpc) is 3.26. The van der Waals surface area contributed by atoms with Crippen LogP contribution in [0.15, 0.2) is 42.5 Å². The number of methoxy groups -OCH3 is 1. The summed E-state index contributed by atoms with van der Waals surface area (Å²) in [6.45, 7) is 5.31. The van der Waals surface area contributed by atoms with Crippen molar-refractivity contribution in [2.45, 2.75) is 33.1 Å². The molecule has 3 rings (SSSR count). The molecule has 0 atom stereocenters. The van der Waals surface area contributed by atoms with Crippen LogP contribution in [0.25, 0.3) is 0 Å². The first-order valence-electron chi connectivity index (χ1n) is 12.2. The van der Waals surface area contributed by atoms with Gasteiger partial charge in [0.15, 0.2) is 0 Å². The molecule has 0 saturated carbocycles. The summed E-state index contributed by atoms with van der Waals surface area (Å²) in [7, 11) is 1.59. The summed E-state index contributed by atoms with van der Waals surface area (Å²) in [6, 6.07) is 12.3. The molecule has 1 aliphatic heterocycles. The molecular formula is C27H34ClN3O5. The van der Waals surface area contributed by atoms with Gasteiger partial charge in [0.05, 0.1) is 6.61 Å². The molecule has 36 heavy (non-hydrogen) atoms. The van der Waals surface area contributed by atoms with E-state index in [0.717, 1.165) is 18.4 Å². The lowest BCUT2D eigenvalue weighted by Crippen LogP contribution is -2.43. The van der Waals surface area contributed by atoms with E-state index in [-0.39, 0.29) is 37.5 Å². The zero-order valence-corrected chi connectivity index (χ0v) is 21.9. The zero-order chi connectivity index (χ0) is 26.1. The van der Waals surface area contributed by atoms with E-state index in [1.165, 1.54) is 9.80 Å². The maximum absolute atomic E-state index is 13.3. The van der Waals surface area contributed by atoms with Crippen LogP contribution >= 0.6 is 11.6 Å². The third-order valence-corrected chi connectivity index (χ3v) is 6.49. The van der Waals surface area contributed by atoms with Crippen molar-refractivity contribution < 1.29 is 23.9 Å². The van der Waals surface area contributed by atoms with Crippen molar-refractivity contribution in [3.63, 3.8) is 0 Å². The van der Waals surface area contributed by atoms with Gasteiger partial charge in [-0.05, 0) is 61.7 Å². The second-order valence-corrected chi connectivity index (χ2v) is 9.15. The summed E-state index contributed by atoms with van der Waals surface area (Å²) in [5, 5.41) is 0.557. The number of ether oxygens (including phenoxy) is 2. The number of unbranched alkanes of at least 4 members (excludes halogenated alkanes) is 1. The Labute approximate surface area is 217 Å². The van der Waals surface area contributed by atoms with Crippen LogP contribution in [0.5, 0.6) is 5.75 Å². The Morgan fingerprint density at radius 1 is 1.08 bits per heavy atom. The van der Waals surface area contributed by atoms with Crippen LogP contribution in [0.1, 0.15) is 42.1 Å². The van der Waals surface area contributed by atoms with Gasteiger partial charge in [-0.3, -0.25) is 19.3 Å². The second-order valence-electron chi connectivity index (χ2n) is 8.74. The fourth-order valence-electron chi connectivity index (χ4n) is 3.94. The highest BCUT2D eigenvalue weighted by molar-refractivity contribution is 6.31. The van der Waals surface area contributed by atoms with Gasteiger partial charge >= 0.3 is 0 Å². The number of benzene rings is 2. The Morgan fingerprint density at radius 3 is 2.53 bits per heavy atom. The highest BCUT2D eigenvalue weighted by atomic mass is 35.5. The normalized spacial score (nSPS) is 13.3. The molecule has 9 heteroatoms. The average molecular weight is 516 g/mol. The van der Waals surface area contributed by atoms with E-state index in [2.05, 4.69) is 6.92 Å². The lowest BCUT2D eigenvalue weighted by atomic mass is 10.2. The molecule has 1 saturated heterocycles. The van der Waals surface area contributed by atoms with Crippen LogP contribution in [0.3, 0.4) is 0 Å². The summed E-state index contributed by atoms with van der Waals surface area (Å²) < 4.78 is 10.8. The Balaban J connectivity index is 1.68. The molecule has 0 spiro atoms. The molecule has 0 aromatic heterocycles. The van der Waals surface area contributed by atoms with E-state index in [9.17, 15) is 14.4 Å². The van der Waals surface area contributed by atoms with Crippen molar-refractivity contribution in [2.75, 3.05) is 51.5 Å². The molecule has 0 N–H and O–H groups in total. The number of nitrogens with zero attached hydrogens (tertiary/aromatic N) is 3. The fraction of sp³-hybridized carbons (Fsp3) is 0.444. The second kappa shape index (κ2) is 13.3. The van der Waals surface area contributed by atoms with E-state index < -0.39 is 0 Å². The molecule has 8 nitrogen and oxygen atoms in total. The van der Waals surface area contributed by atoms with Gasteiger partial charge in [-0.25, -0.2) is 0 Å². The minimum atomic E-state index is -0.296. The first-order valence-corrected chi connectivity index (χ1v) is 12.6. The number of anilines is 1. The van der Waals surface area contributed by atoms with Crippen molar-refractivity contribution in [1.82, 2.24) is 9.80 Å². The fourth-order valence-corrected chi connectivity index (χ4v) is 4.11. The molecular weight excluding hydrogens is 482 g/mol. The Hall–Kier alpha value is -3.10. The number of halogens is 1. The summed E-state index contributed by atoms with van der Waals surface area (Å²) in [4.78, 5) is 43.7. The van der Waals surface area contributed by atoms with E-state index >= 15 is 0 Å². The first-order chi connectivity index (χ1) is 17.3. The van der Waals surface area contributed by atoms with Crippen molar-refractivity contribution in [3.05, 3.63) is 58.6 Å². The van der Waals surface area contributed by atoms with Gasteiger partial charge in [0, 0.05) is 36.5 Å². The minimum absolute atomic E-state index is 0.0469. The lowest BCUT2D eigenvalue weighted by molar-refractivity contribution is -0.132. The predicted octanol–water partition coefficient (Wildman–Crippen LogP) is 4.14. The largest absolute Gasteiger partial charge is 0.494 e. The highest BCUT2D eigenvalue weighted by Gasteiger charge is 2.34. The summed E-state index contributed by atoms with van der Waals surface area (Å²) in [6.07, 6.45) is 2.59. The smallest absolute Gasteiger partial charge is 0.254 e. The quantitative estimate of drug-likeness (QED) is 0.397. The molecule has 0 radical (unpaired) electrons. The minimum Gasteiger partial charge on any atom is -0.494 e. The molecule has 0 unspecified atom stereocenters. The summed E-state index contributed by atoms with van der Waals surface area (Å²) in [5.41, 5.74) is 1.93. The molecule has 2 aromatic carbocycles. The highest BCUT2D eigenvalue weighted by Crippen LogP contribution is 2.28. The van der Waals surface area contributed by atoms with Crippen molar-refractivity contribution in [3.8, 4) is 5.75 Å². The molecule has 194 valence electrons. The Morgan fingerprint density at radius 2 is 1.83 bits per heavy atom. The Bertz CT molecular complexity index is 1060. The molecule has 0 aliphatic carbocycles. The van der Waals surface area contributed by atoms with Crippen LogP contribution in [0.4, 0.5) is 5.69 Å². The van der Waals surface area contributed by atoms with Crippen LogP contribution in [0, 0.1) is 6.92 Å². The van der Waals surface area contributed by atoms with Gasteiger partial charge in [0.25, 0.3) is 5.91 Å². The predicted molar refractivity (Wildman–Crippen MR) is 139 cm³/mol. The number of hydrogen-bond donors (Lipinski definition) is 0. The Kier molecular flexibility index (Phi) is 10.1. The number of hydrogen-bond acceptors (Lipinski definition) is 5. The zero-order valence-electron chi connectivity index (χ0n) is 21.2. The van der Waals surface area contributed by atoms with E-state index in [4.69, 9.17) is 21.1 Å². The molecule has 2 aromatic rings. The van der Waals surface area contributed by atoms with Crippen LogP contribution in [0.2, 0.25) is 5.02 Å². The SMILES string of the molecule is CCCCOc1ccc(C(=O)N(CCCOC)CC(=O)N2CC(=O)N(c3cccc(Cl)c3C)C2)cc1. The van der Waals surface area contributed by atoms with Crippen molar-refractivity contribution in [1.29, 1.82) is 0 Å². The lowest BCUT2D eigenvalue weighted by Gasteiger charge is -2.25. The number of carbonyl (C=O) groups is 3. The van der Waals surface area contributed by atoms with Gasteiger partial charge in [0.1, 0.15) is 25.5 Å². The molecule has 3 amide bonds. The topological polar surface area (TPSA) is 79.4 Å². The van der Waals surface area contributed by atoms with Gasteiger partial charge in [0.2, 0.25) is 11.8 Å². The molecule has 0 bridgehead atoms. The number of rotatable bonds is 12. The number of carbonyl (C=O) groups excluding carboxylic acids is 3. The number of amides is 3.